The Labute approximate surface area is 207 Å². The smallest absolute Gasteiger partial charge is 0.251 e. The van der Waals surface area contributed by atoms with E-state index in [-0.39, 0.29) is 18.0 Å². The second kappa shape index (κ2) is 10.8. The van der Waals surface area contributed by atoms with Gasteiger partial charge in [0.15, 0.2) is 11.5 Å². The van der Waals surface area contributed by atoms with E-state index < -0.39 is 0 Å². The van der Waals surface area contributed by atoms with Gasteiger partial charge in [-0.3, -0.25) is 9.69 Å². The Morgan fingerprint density at radius 2 is 1.71 bits per heavy atom. The van der Waals surface area contributed by atoms with Crippen LogP contribution in [0.25, 0.3) is 0 Å². The van der Waals surface area contributed by atoms with E-state index >= 15 is 0 Å². The van der Waals surface area contributed by atoms with Gasteiger partial charge in [0, 0.05) is 24.7 Å². The number of fused-ring (bicyclic) bond motifs is 1. The summed E-state index contributed by atoms with van der Waals surface area (Å²) in [6.45, 7) is 5.68. The highest BCUT2D eigenvalue weighted by Gasteiger charge is 2.34. The van der Waals surface area contributed by atoms with Crippen LogP contribution in [0.3, 0.4) is 0 Å². The summed E-state index contributed by atoms with van der Waals surface area (Å²) in [6, 6.07) is 19.7. The van der Waals surface area contributed by atoms with E-state index in [1.807, 2.05) is 43.3 Å². The Balaban J connectivity index is 1.68. The Hall–Kier alpha value is -3.51. The standard InChI is InChI=1S/C29H34N2O4/c1-19-9-11-22(12-10-19)29(32)30-20(2)28-25-17-27(35-5)26(34-4)16-23(25)13-14-31(28)18-21-7-6-8-24(15-21)33-3/h6-12,15-17,20,28H,13-14,18H2,1-5H3,(H,30,32)/t20-,28+/m1/s1. The lowest BCUT2D eigenvalue weighted by molar-refractivity contribution is 0.0877. The first kappa shape index (κ1) is 24.6. The number of carbonyl (C=O) groups excluding carboxylic acids is 1. The highest BCUT2D eigenvalue weighted by Crippen LogP contribution is 2.40. The summed E-state index contributed by atoms with van der Waals surface area (Å²) in [5.41, 5.74) is 5.31. The molecule has 3 aromatic carbocycles. The molecule has 0 aliphatic carbocycles. The van der Waals surface area contributed by atoms with Crippen LogP contribution in [0.15, 0.2) is 60.7 Å². The van der Waals surface area contributed by atoms with Crippen LogP contribution in [0.4, 0.5) is 0 Å². The molecule has 184 valence electrons. The summed E-state index contributed by atoms with van der Waals surface area (Å²) < 4.78 is 16.6. The molecule has 6 heteroatoms. The van der Waals surface area contributed by atoms with Gasteiger partial charge in [0.25, 0.3) is 5.91 Å². The number of nitrogens with zero attached hydrogens (tertiary/aromatic N) is 1. The Morgan fingerprint density at radius 1 is 1.00 bits per heavy atom. The zero-order valence-electron chi connectivity index (χ0n) is 21.1. The van der Waals surface area contributed by atoms with Crippen LogP contribution < -0.4 is 19.5 Å². The number of benzene rings is 3. The molecule has 0 aromatic heterocycles. The maximum atomic E-state index is 13.1. The fourth-order valence-corrected chi connectivity index (χ4v) is 4.87. The van der Waals surface area contributed by atoms with Crippen molar-refractivity contribution in [2.45, 2.75) is 38.9 Å². The molecular weight excluding hydrogens is 440 g/mol. The number of rotatable bonds is 8. The second-order valence-electron chi connectivity index (χ2n) is 9.05. The number of hydrogen-bond donors (Lipinski definition) is 1. The van der Waals surface area contributed by atoms with Gasteiger partial charge in [-0.05, 0) is 73.4 Å². The molecule has 1 heterocycles. The largest absolute Gasteiger partial charge is 0.497 e. The van der Waals surface area contributed by atoms with Gasteiger partial charge >= 0.3 is 0 Å². The van der Waals surface area contributed by atoms with Crippen LogP contribution >= 0.6 is 0 Å². The van der Waals surface area contributed by atoms with E-state index in [1.165, 1.54) is 5.56 Å². The summed E-state index contributed by atoms with van der Waals surface area (Å²) in [4.78, 5) is 15.5. The zero-order chi connectivity index (χ0) is 24.9. The van der Waals surface area contributed by atoms with Gasteiger partial charge in [-0.2, -0.15) is 0 Å². The highest BCUT2D eigenvalue weighted by atomic mass is 16.5. The molecule has 2 atom stereocenters. The quantitative estimate of drug-likeness (QED) is 0.501. The van der Waals surface area contributed by atoms with Gasteiger partial charge in [0.05, 0.1) is 27.4 Å². The number of amides is 1. The molecule has 0 radical (unpaired) electrons. The van der Waals surface area contributed by atoms with E-state index in [0.29, 0.717) is 11.3 Å². The first-order valence-corrected chi connectivity index (χ1v) is 11.9. The molecule has 0 saturated heterocycles. The molecule has 0 bridgehead atoms. The lowest BCUT2D eigenvalue weighted by Gasteiger charge is -2.41. The van der Waals surface area contributed by atoms with Crippen LogP contribution in [0, 0.1) is 6.92 Å². The molecule has 0 spiro atoms. The van der Waals surface area contributed by atoms with Crippen molar-refractivity contribution in [3.8, 4) is 17.2 Å². The first-order valence-electron chi connectivity index (χ1n) is 11.9. The summed E-state index contributed by atoms with van der Waals surface area (Å²) in [7, 11) is 4.99. The van der Waals surface area contributed by atoms with Crippen LogP contribution in [0.2, 0.25) is 0 Å². The predicted octanol–water partition coefficient (Wildman–Crippen LogP) is 4.94. The molecule has 1 amide bonds. The molecule has 4 rings (SSSR count). The van der Waals surface area contributed by atoms with Gasteiger partial charge in [0.2, 0.25) is 0 Å². The zero-order valence-corrected chi connectivity index (χ0v) is 21.1. The maximum absolute atomic E-state index is 13.1. The second-order valence-corrected chi connectivity index (χ2v) is 9.05. The fraction of sp³-hybridized carbons (Fsp3) is 0.345. The van der Waals surface area contributed by atoms with Gasteiger partial charge in [-0.25, -0.2) is 0 Å². The van der Waals surface area contributed by atoms with E-state index in [4.69, 9.17) is 14.2 Å². The van der Waals surface area contributed by atoms with Crippen molar-refractivity contribution in [1.29, 1.82) is 0 Å². The number of aryl methyl sites for hydroxylation is 1. The number of carbonyl (C=O) groups is 1. The molecule has 0 fully saturated rings. The summed E-state index contributed by atoms with van der Waals surface area (Å²) in [5, 5.41) is 3.25. The van der Waals surface area contributed by atoms with E-state index in [2.05, 4.69) is 41.4 Å². The maximum Gasteiger partial charge on any atom is 0.251 e. The van der Waals surface area contributed by atoms with Gasteiger partial charge < -0.3 is 19.5 Å². The predicted molar refractivity (Wildman–Crippen MR) is 138 cm³/mol. The fourth-order valence-electron chi connectivity index (χ4n) is 4.87. The Morgan fingerprint density at radius 3 is 2.40 bits per heavy atom. The molecule has 35 heavy (non-hydrogen) atoms. The summed E-state index contributed by atoms with van der Waals surface area (Å²) in [6.07, 6.45) is 0.884. The molecular formula is C29H34N2O4. The van der Waals surface area contributed by atoms with Gasteiger partial charge in [-0.1, -0.05) is 29.8 Å². The molecule has 0 saturated carbocycles. The first-order chi connectivity index (χ1) is 16.9. The molecule has 1 N–H and O–H groups in total. The van der Waals surface area contributed by atoms with Crippen LogP contribution in [0.5, 0.6) is 17.2 Å². The monoisotopic (exact) mass is 474 g/mol. The Kier molecular flexibility index (Phi) is 7.61. The number of ether oxygens (including phenoxy) is 3. The van der Waals surface area contributed by atoms with Crippen molar-refractivity contribution in [3.05, 3.63) is 88.5 Å². The molecule has 3 aromatic rings. The van der Waals surface area contributed by atoms with Crippen molar-refractivity contribution >= 4 is 5.91 Å². The normalized spacial score (nSPS) is 16.2. The minimum atomic E-state index is -0.147. The van der Waals surface area contributed by atoms with Gasteiger partial charge in [0.1, 0.15) is 5.75 Å². The third-order valence-electron chi connectivity index (χ3n) is 6.69. The van der Waals surface area contributed by atoms with Crippen molar-refractivity contribution in [2.75, 3.05) is 27.9 Å². The van der Waals surface area contributed by atoms with E-state index in [0.717, 1.165) is 47.7 Å². The lowest BCUT2D eigenvalue weighted by atomic mass is 9.87. The van der Waals surface area contributed by atoms with Crippen LogP contribution in [-0.4, -0.2) is 44.7 Å². The lowest BCUT2D eigenvalue weighted by Crippen LogP contribution is -2.47. The van der Waals surface area contributed by atoms with Crippen LogP contribution in [-0.2, 0) is 13.0 Å². The van der Waals surface area contributed by atoms with Gasteiger partial charge in [-0.15, -0.1) is 0 Å². The minimum Gasteiger partial charge on any atom is -0.497 e. The number of nitrogens with one attached hydrogen (secondary N) is 1. The van der Waals surface area contributed by atoms with Crippen molar-refractivity contribution in [2.24, 2.45) is 0 Å². The summed E-state index contributed by atoms with van der Waals surface area (Å²) in [5.74, 6) is 2.18. The molecule has 1 aliphatic rings. The Bertz CT molecular complexity index is 1180. The molecule has 6 nitrogen and oxygen atoms in total. The average molecular weight is 475 g/mol. The highest BCUT2D eigenvalue weighted by molar-refractivity contribution is 5.94. The van der Waals surface area contributed by atoms with Crippen molar-refractivity contribution in [1.82, 2.24) is 10.2 Å². The van der Waals surface area contributed by atoms with Crippen LogP contribution in [0.1, 0.15) is 45.6 Å². The topological polar surface area (TPSA) is 60.0 Å². The van der Waals surface area contributed by atoms with Crippen molar-refractivity contribution in [3.63, 3.8) is 0 Å². The summed E-state index contributed by atoms with van der Waals surface area (Å²) >= 11 is 0. The minimum absolute atomic E-state index is 0.0424. The third kappa shape index (κ3) is 5.43. The molecule has 0 unspecified atom stereocenters. The third-order valence-corrected chi connectivity index (χ3v) is 6.69. The van der Waals surface area contributed by atoms with Crippen molar-refractivity contribution < 1.29 is 19.0 Å². The molecule has 1 aliphatic heterocycles. The SMILES string of the molecule is COc1cccc(CN2CCc3cc(OC)c(OC)cc3[C@@H]2[C@@H](C)NC(=O)c2ccc(C)cc2)c1. The van der Waals surface area contributed by atoms with E-state index in [1.54, 1.807) is 21.3 Å². The number of methoxy groups -OCH3 is 3. The average Bonchev–Trinajstić information content (AvgIpc) is 2.88. The van der Waals surface area contributed by atoms with E-state index in [9.17, 15) is 4.79 Å². The number of hydrogen-bond acceptors (Lipinski definition) is 5.